The molecule has 0 aliphatic carbocycles. The van der Waals surface area contributed by atoms with E-state index in [0.717, 1.165) is 13.0 Å². The van der Waals surface area contributed by atoms with E-state index in [1.807, 2.05) is 17.5 Å². The van der Waals surface area contributed by atoms with E-state index < -0.39 is 0 Å². The van der Waals surface area contributed by atoms with Gasteiger partial charge in [-0.05, 0) is 30.4 Å². The summed E-state index contributed by atoms with van der Waals surface area (Å²) in [6.45, 7) is 3.12. The van der Waals surface area contributed by atoms with Crippen LogP contribution in [0.1, 0.15) is 23.4 Å². The Bertz CT molecular complexity index is 411. The Hall–Kier alpha value is -1.29. The van der Waals surface area contributed by atoms with Crippen LogP contribution in [0.3, 0.4) is 0 Å². The van der Waals surface area contributed by atoms with Gasteiger partial charge in [0.25, 0.3) is 0 Å². The maximum atomic E-state index is 11.0. The van der Waals surface area contributed by atoms with Gasteiger partial charge in [0.05, 0.1) is 13.2 Å². The van der Waals surface area contributed by atoms with Crippen LogP contribution in [0.2, 0.25) is 0 Å². The predicted octanol–water partition coefficient (Wildman–Crippen LogP) is 2.35. The third-order valence-corrected chi connectivity index (χ3v) is 3.92. The summed E-state index contributed by atoms with van der Waals surface area (Å²) < 4.78 is 4.58. The quantitative estimate of drug-likeness (QED) is 0.584. The highest BCUT2D eigenvalue weighted by Gasteiger charge is 2.22. The van der Waals surface area contributed by atoms with Crippen molar-refractivity contribution in [3.05, 3.63) is 34.2 Å². The number of rotatable bonds is 2. The van der Waals surface area contributed by atoms with E-state index in [4.69, 9.17) is 0 Å². The number of esters is 1. The van der Waals surface area contributed by atoms with Crippen LogP contribution >= 0.6 is 11.3 Å². The smallest absolute Gasteiger partial charge is 0.331 e. The van der Waals surface area contributed by atoms with Crippen molar-refractivity contribution in [2.24, 2.45) is 0 Å². The van der Waals surface area contributed by atoms with Crippen molar-refractivity contribution in [3.63, 3.8) is 0 Å². The fourth-order valence-electron chi connectivity index (χ4n) is 1.96. The Balaban J connectivity index is 2.10. The Kier molecular flexibility index (Phi) is 3.29. The first-order valence-corrected chi connectivity index (χ1v) is 6.18. The number of hydrogen-bond acceptors (Lipinski definition) is 4. The van der Waals surface area contributed by atoms with Crippen LogP contribution < -0.4 is 0 Å². The summed E-state index contributed by atoms with van der Waals surface area (Å²) >= 11 is 1.82. The first-order valence-electron chi connectivity index (χ1n) is 5.30. The fraction of sp³-hybridized carbons (Fsp3) is 0.417. The number of thiophene rings is 1. The van der Waals surface area contributed by atoms with Crippen LogP contribution in [-0.4, -0.2) is 24.5 Å². The minimum Gasteiger partial charge on any atom is -0.466 e. The van der Waals surface area contributed by atoms with Crippen LogP contribution in [0.15, 0.2) is 23.7 Å². The van der Waals surface area contributed by atoms with Crippen molar-refractivity contribution in [2.45, 2.75) is 19.4 Å². The SMILES string of the molecule is COC(=O)C=CN1CCc2sccc2C1C. The molecule has 0 radical (unpaired) electrons. The number of nitrogens with zero attached hydrogens (tertiary/aromatic N) is 1. The van der Waals surface area contributed by atoms with Crippen LogP contribution in [0, 0.1) is 0 Å². The van der Waals surface area contributed by atoms with E-state index in [-0.39, 0.29) is 5.97 Å². The largest absolute Gasteiger partial charge is 0.466 e. The van der Waals surface area contributed by atoms with Crippen molar-refractivity contribution in [1.82, 2.24) is 4.90 Å². The van der Waals surface area contributed by atoms with E-state index >= 15 is 0 Å². The van der Waals surface area contributed by atoms with E-state index in [0.29, 0.717) is 6.04 Å². The lowest BCUT2D eigenvalue weighted by atomic mass is 10.0. The average Bonchev–Trinajstić information content (AvgIpc) is 2.76. The van der Waals surface area contributed by atoms with Crippen LogP contribution in [0.25, 0.3) is 0 Å². The molecule has 0 amide bonds. The summed E-state index contributed by atoms with van der Waals surface area (Å²) in [5, 5.41) is 2.13. The lowest BCUT2D eigenvalue weighted by Crippen LogP contribution is -2.28. The summed E-state index contributed by atoms with van der Waals surface area (Å²) in [5.41, 5.74) is 1.38. The van der Waals surface area contributed by atoms with E-state index in [1.54, 1.807) is 0 Å². The molecule has 16 heavy (non-hydrogen) atoms. The second-order valence-corrected chi connectivity index (χ2v) is 4.80. The fourth-order valence-corrected chi connectivity index (χ4v) is 2.92. The van der Waals surface area contributed by atoms with Gasteiger partial charge >= 0.3 is 5.97 Å². The standard InChI is InChI=1S/C12H15NO2S/c1-9-10-5-8-16-11(10)3-6-13(9)7-4-12(14)15-2/h4-5,7-9H,3,6H2,1-2H3. The molecule has 0 saturated carbocycles. The van der Waals surface area contributed by atoms with Crippen molar-refractivity contribution in [2.75, 3.05) is 13.7 Å². The van der Waals surface area contributed by atoms with E-state index in [1.165, 1.54) is 23.6 Å². The van der Waals surface area contributed by atoms with Crippen molar-refractivity contribution in [3.8, 4) is 0 Å². The molecule has 0 fully saturated rings. The van der Waals surface area contributed by atoms with Gasteiger partial charge in [0.1, 0.15) is 0 Å². The Morgan fingerprint density at radius 3 is 3.25 bits per heavy atom. The van der Waals surface area contributed by atoms with Crippen molar-refractivity contribution >= 4 is 17.3 Å². The third-order valence-electron chi connectivity index (χ3n) is 2.93. The second kappa shape index (κ2) is 4.70. The molecule has 0 saturated heterocycles. The summed E-state index contributed by atoms with van der Waals surface area (Å²) in [4.78, 5) is 14.7. The predicted molar refractivity (Wildman–Crippen MR) is 64.3 cm³/mol. The molecule has 0 bridgehead atoms. The monoisotopic (exact) mass is 237 g/mol. The zero-order valence-electron chi connectivity index (χ0n) is 9.47. The third kappa shape index (κ3) is 2.11. The molecule has 1 unspecified atom stereocenters. The van der Waals surface area contributed by atoms with E-state index in [9.17, 15) is 4.79 Å². The second-order valence-electron chi connectivity index (χ2n) is 3.80. The van der Waals surface area contributed by atoms with Crippen molar-refractivity contribution in [1.29, 1.82) is 0 Å². The number of carbonyl (C=O) groups is 1. The zero-order chi connectivity index (χ0) is 11.5. The highest BCUT2D eigenvalue weighted by atomic mass is 32.1. The Morgan fingerprint density at radius 1 is 1.69 bits per heavy atom. The minimum absolute atomic E-state index is 0.302. The molecule has 1 aliphatic rings. The Morgan fingerprint density at radius 2 is 2.50 bits per heavy atom. The minimum atomic E-state index is -0.302. The summed E-state index contributed by atoms with van der Waals surface area (Å²) in [5.74, 6) is -0.302. The highest BCUT2D eigenvalue weighted by molar-refractivity contribution is 7.10. The number of methoxy groups -OCH3 is 1. The van der Waals surface area contributed by atoms with Crippen LogP contribution in [0.4, 0.5) is 0 Å². The lowest BCUT2D eigenvalue weighted by Gasteiger charge is -2.32. The molecule has 1 aromatic rings. The first kappa shape index (κ1) is 11.2. The zero-order valence-corrected chi connectivity index (χ0v) is 10.3. The van der Waals surface area contributed by atoms with Gasteiger partial charge in [-0.25, -0.2) is 4.79 Å². The van der Waals surface area contributed by atoms with Crippen molar-refractivity contribution < 1.29 is 9.53 Å². The van der Waals surface area contributed by atoms with Crippen LogP contribution in [0.5, 0.6) is 0 Å². The lowest BCUT2D eigenvalue weighted by molar-refractivity contribution is -0.134. The van der Waals surface area contributed by atoms with Gasteiger partial charge in [-0.15, -0.1) is 11.3 Å². The summed E-state index contributed by atoms with van der Waals surface area (Å²) in [7, 11) is 1.39. The highest BCUT2D eigenvalue weighted by Crippen LogP contribution is 2.32. The van der Waals surface area contributed by atoms with Gasteiger partial charge in [0.2, 0.25) is 0 Å². The molecule has 2 heterocycles. The molecule has 1 aromatic heterocycles. The summed E-state index contributed by atoms with van der Waals surface area (Å²) in [6.07, 6.45) is 4.37. The summed E-state index contributed by atoms with van der Waals surface area (Å²) in [6, 6.07) is 2.51. The van der Waals surface area contributed by atoms with Crippen LogP contribution in [-0.2, 0) is 16.0 Å². The van der Waals surface area contributed by atoms with E-state index in [2.05, 4.69) is 28.0 Å². The molecule has 86 valence electrons. The normalized spacial score (nSPS) is 19.9. The molecular weight excluding hydrogens is 222 g/mol. The maximum Gasteiger partial charge on any atom is 0.331 e. The molecule has 0 aromatic carbocycles. The van der Waals surface area contributed by atoms with Gasteiger partial charge in [-0.3, -0.25) is 0 Å². The molecule has 0 spiro atoms. The number of hydrogen-bond donors (Lipinski definition) is 0. The molecule has 0 N–H and O–H groups in total. The number of fused-ring (bicyclic) bond motifs is 1. The number of carbonyl (C=O) groups excluding carboxylic acids is 1. The molecule has 3 nitrogen and oxygen atoms in total. The average molecular weight is 237 g/mol. The Labute approximate surface area is 99.3 Å². The van der Waals surface area contributed by atoms with Gasteiger partial charge in [-0.1, -0.05) is 0 Å². The first-order chi connectivity index (χ1) is 7.72. The van der Waals surface area contributed by atoms with Gasteiger partial charge in [0, 0.05) is 23.7 Å². The molecule has 1 atom stereocenters. The molecule has 2 rings (SSSR count). The maximum absolute atomic E-state index is 11.0. The van der Waals surface area contributed by atoms with Gasteiger partial charge in [0.15, 0.2) is 0 Å². The van der Waals surface area contributed by atoms with Gasteiger partial charge < -0.3 is 9.64 Å². The topological polar surface area (TPSA) is 29.5 Å². The molecule has 4 heteroatoms. The number of ether oxygens (including phenoxy) is 1. The molecular formula is C12H15NO2S. The molecule has 1 aliphatic heterocycles. The van der Waals surface area contributed by atoms with Gasteiger partial charge in [-0.2, -0.15) is 0 Å².